The van der Waals surface area contributed by atoms with Gasteiger partial charge in [0.15, 0.2) is 0 Å². The number of rotatable bonds is 4. The van der Waals surface area contributed by atoms with Crippen molar-refractivity contribution >= 4 is 0 Å². The number of methoxy groups -OCH3 is 1. The molecule has 0 radical (unpaired) electrons. The highest BCUT2D eigenvalue weighted by molar-refractivity contribution is 5.67. The first kappa shape index (κ1) is 22.1. The molecule has 36 heavy (non-hydrogen) atoms. The maximum absolute atomic E-state index is 11.2. The Morgan fingerprint density at radius 2 is 1.31 bits per heavy atom. The molecule has 0 saturated heterocycles. The van der Waals surface area contributed by atoms with Crippen molar-refractivity contribution in [1.29, 1.82) is 0 Å². The molecule has 7 nitrogen and oxygen atoms in total. The fourth-order valence-electron chi connectivity index (χ4n) is 5.76. The Morgan fingerprint density at radius 3 is 1.97 bits per heavy atom. The van der Waals surface area contributed by atoms with E-state index >= 15 is 0 Å². The van der Waals surface area contributed by atoms with Gasteiger partial charge in [-0.1, -0.05) is 24.3 Å². The van der Waals surface area contributed by atoms with Crippen LogP contribution in [0.15, 0.2) is 72.8 Å². The first-order valence-electron chi connectivity index (χ1n) is 11.6. The van der Waals surface area contributed by atoms with Gasteiger partial charge in [0.25, 0.3) is 0 Å². The molecule has 6 rings (SSSR count). The number of phenols is 5. The van der Waals surface area contributed by atoms with E-state index in [0.717, 1.165) is 22.3 Å². The van der Waals surface area contributed by atoms with Gasteiger partial charge in [0.1, 0.15) is 40.6 Å². The Balaban J connectivity index is 1.62. The van der Waals surface area contributed by atoms with Gasteiger partial charge in [-0.05, 0) is 58.7 Å². The smallest absolute Gasteiger partial charge is 0.135 e. The zero-order valence-electron chi connectivity index (χ0n) is 19.3. The monoisotopic (exact) mass is 484 g/mol. The zero-order chi connectivity index (χ0) is 25.1. The van der Waals surface area contributed by atoms with Gasteiger partial charge in [-0.2, -0.15) is 0 Å². The minimum absolute atomic E-state index is 0.0149. The first-order chi connectivity index (χ1) is 17.4. The summed E-state index contributed by atoms with van der Waals surface area (Å²) in [5.74, 6) is -0.339. The van der Waals surface area contributed by atoms with Crippen LogP contribution in [-0.4, -0.2) is 32.6 Å². The molecule has 5 N–H and O–H groups in total. The molecule has 2 aliphatic rings. The Hall–Kier alpha value is -4.36. The normalized spacial score (nSPS) is 20.3. The molecule has 0 unspecified atom stereocenters. The van der Waals surface area contributed by atoms with Gasteiger partial charge in [-0.3, -0.25) is 0 Å². The molecule has 0 aromatic heterocycles. The van der Waals surface area contributed by atoms with E-state index in [0.29, 0.717) is 16.9 Å². The summed E-state index contributed by atoms with van der Waals surface area (Å²) >= 11 is 0. The quantitative estimate of drug-likeness (QED) is 0.266. The highest BCUT2D eigenvalue weighted by Crippen LogP contribution is 2.62. The summed E-state index contributed by atoms with van der Waals surface area (Å²) in [6.07, 6.45) is -1.10. The molecular weight excluding hydrogens is 460 g/mol. The molecule has 4 aromatic rings. The SMILES string of the molecule is CO[C@H](c1ccc(O)cc1)[C@@H]1c2cc(O)cc3c2[C@H](c2cc(O)cc(O)c21)[C@@H](c1ccc(O)cc1)O3. The van der Waals surface area contributed by atoms with Crippen LogP contribution in [0.3, 0.4) is 0 Å². The number of fused-ring (bicyclic) bond motifs is 2. The second-order valence-electron chi connectivity index (χ2n) is 9.25. The molecule has 0 amide bonds. The summed E-state index contributed by atoms with van der Waals surface area (Å²) < 4.78 is 12.3. The van der Waals surface area contributed by atoms with Crippen LogP contribution >= 0.6 is 0 Å². The predicted octanol–water partition coefficient (Wildman–Crippen LogP) is 5.31. The molecule has 4 aromatic carbocycles. The molecule has 7 heteroatoms. The lowest BCUT2D eigenvalue weighted by Gasteiger charge is -2.37. The molecule has 1 heterocycles. The van der Waals surface area contributed by atoms with E-state index in [1.807, 2.05) is 0 Å². The van der Waals surface area contributed by atoms with Crippen molar-refractivity contribution in [3.63, 3.8) is 0 Å². The van der Waals surface area contributed by atoms with Gasteiger partial charge in [0.2, 0.25) is 0 Å². The minimum Gasteiger partial charge on any atom is -0.508 e. The van der Waals surface area contributed by atoms with Crippen LogP contribution < -0.4 is 4.74 Å². The molecule has 0 fully saturated rings. The number of phenolic OH excluding ortho intramolecular Hbond substituents is 5. The van der Waals surface area contributed by atoms with Gasteiger partial charge in [-0.15, -0.1) is 0 Å². The van der Waals surface area contributed by atoms with Gasteiger partial charge in [0, 0.05) is 36.3 Å². The minimum atomic E-state index is -0.584. The van der Waals surface area contributed by atoms with Gasteiger partial charge in [0.05, 0.1) is 12.0 Å². The summed E-state index contributed by atoms with van der Waals surface area (Å²) in [5.41, 5.74) is 4.40. The van der Waals surface area contributed by atoms with Crippen molar-refractivity contribution in [1.82, 2.24) is 0 Å². The Morgan fingerprint density at radius 1 is 0.694 bits per heavy atom. The largest absolute Gasteiger partial charge is 0.508 e. The highest BCUT2D eigenvalue weighted by atomic mass is 16.5. The lowest BCUT2D eigenvalue weighted by Crippen LogP contribution is -2.25. The summed E-state index contributed by atoms with van der Waals surface area (Å²) in [4.78, 5) is 0. The summed E-state index contributed by atoms with van der Waals surface area (Å²) in [7, 11) is 1.57. The maximum atomic E-state index is 11.2. The third-order valence-electron chi connectivity index (χ3n) is 7.18. The average molecular weight is 485 g/mol. The van der Waals surface area contributed by atoms with Crippen LogP contribution in [0, 0.1) is 0 Å². The standard InChI is InChI=1S/C29H24O7/c1-35-28(14-2-6-16(30)7-3-14)26-21-11-19(33)13-23-25(21)27(20-10-18(32)12-22(34)24(20)26)29(36-23)15-4-8-17(31)9-5-15/h2-13,26-34H,1H3/t26-,27+,28-,29-/m1/s1. The molecule has 4 atom stereocenters. The van der Waals surface area contributed by atoms with E-state index in [-0.39, 0.29) is 34.7 Å². The molecule has 1 aliphatic heterocycles. The van der Waals surface area contributed by atoms with E-state index < -0.39 is 18.1 Å². The van der Waals surface area contributed by atoms with Crippen molar-refractivity contribution in [3.8, 4) is 34.5 Å². The number of benzene rings is 4. The summed E-state index contributed by atoms with van der Waals surface area (Å²) in [6.45, 7) is 0. The number of aromatic hydroxyl groups is 5. The van der Waals surface area contributed by atoms with E-state index in [2.05, 4.69) is 0 Å². The van der Waals surface area contributed by atoms with Crippen molar-refractivity contribution < 1.29 is 35.0 Å². The van der Waals surface area contributed by atoms with Crippen molar-refractivity contribution in [2.45, 2.75) is 24.0 Å². The third kappa shape index (κ3) is 3.31. The molecule has 1 aliphatic carbocycles. The van der Waals surface area contributed by atoms with Crippen molar-refractivity contribution in [2.24, 2.45) is 0 Å². The lowest BCUT2D eigenvalue weighted by molar-refractivity contribution is 0.0868. The maximum Gasteiger partial charge on any atom is 0.135 e. The van der Waals surface area contributed by atoms with Gasteiger partial charge in [-0.25, -0.2) is 0 Å². The van der Waals surface area contributed by atoms with Crippen LogP contribution in [0.4, 0.5) is 0 Å². The Kier molecular flexibility index (Phi) is 4.98. The fraction of sp³-hybridized carbons (Fsp3) is 0.172. The van der Waals surface area contributed by atoms with Crippen molar-refractivity contribution in [2.75, 3.05) is 7.11 Å². The molecule has 0 saturated carbocycles. The van der Waals surface area contributed by atoms with E-state index in [4.69, 9.17) is 9.47 Å². The lowest BCUT2D eigenvalue weighted by atomic mass is 9.67. The Bertz CT molecular complexity index is 1460. The highest BCUT2D eigenvalue weighted by Gasteiger charge is 2.48. The molecule has 0 bridgehead atoms. The summed E-state index contributed by atoms with van der Waals surface area (Å²) in [5, 5.41) is 51.9. The second kappa shape index (κ2) is 8.10. The zero-order valence-corrected chi connectivity index (χ0v) is 19.3. The van der Waals surface area contributed by atoms with E-state index in [1.165, 1.54) is 6.07 Å². The van der Waals surface area contributed by atoms with Gasteiger partial charge < -0.3 is 35.0 Å². The van der Waals surface area contributed by atoms with E-state index in [9.17, 15) is 25.5 Å². The Labute approximate surface area is 207 Å². The average Bonchev–Trinajstić information content (AvgIpc) is 3.23. The van der Waals surface area contributed by atoms with Crippen LogP contribution in [0.1, 0.15) is 57.4 Å². The topological polar surface area (TPSA) is 120 Å². The molecular formula is C29H24O7. The van der Waals surface area contributed by atoms with Crippen molar-refractivity contribution in [3.05, 3.63) is 106 Å². The van der Waals surface area contributed by atoms with Crippen LogP contribution in [0.5, 0.6) is 34.5 Å². The number of ether oxygens (including phenoxy) is 2. The summed E-state index contributed by atoms with van der Waals surface area (Å²) in [6, 6.07) is 19.5. The number of hydrogen-bond donors (Lipinski definition) is 5. The molecule has 0 spiro atoms. The first-order valence-corrected chi connectivity index (χ1v) is 11.6. The third-order valence-corrected chi connectivity index (χ3v) is 7.18. The number of hydrogen-bond acceptors (Lipinski definition) is 7. The van der Waals surface area contributed by atoms with E-state index in [1.54, 1.807) is 73.8 Å². The molecule has 182 valence electrons. The second-order valence-corrected chi connectivity index (χ2v) is 9.25. The predicted molar refractivity (Wildman–Crippen MR) is 131 cm³/mol. The van der Waals surface area contributed by atoms with Gasteiger partial charge >= 0.3 is 0 Å². The van der Waals surface area contributed by atoms with Crippen LogP contribution in [-0.2, 0) is 4.74 Å². The van der Waals surface area contributed by atoms with Crippen LogP contribution in [0.25, 0.3) is 0 Å². The van der Waals surface area contributed by atoms with Crippen LogP contribution in [0.2, 0.25) is 0 Å². The fourth-order valence-corrected chi connectivity index (χ4v) is 5.76.